The molecule has 5 heteroatoms. The molecule has 1 aliphatic carbocycles. The minimum atomic E-state index is 0.525. The number of fused-ring (bicyclic) bond motifs is 3. The zero-order valence-corrected chi connectivity index (χ0v) is 13.6. The molecule has 4 heterocycles. The Bertz CT molecular complexity index is 924. The summed E-state index contributed by atoms with van der Waals surface area (Å²) >= 11 is 0. The van der Waals surface area contributed by atoms with Crippen molar-refractivity contribution in [2.45, 2.75) is 25.3 Å². The van der Waals surface area contributed by atoms with Gasteiger partial charge in [0.1, 0.15) is 5.65 Å². The molecular formula is C19H21N5. The summed E-state index contributed by atoms with van der Waals surface area (Å²) < 4.78 is 0. The highest BCUT2D eigenvalue weighted by Gasteiger charge is 2.29. The number of aromatic nitrogens is 3. The van der Waals surface area contributed by atoms with Gasteiger partial charge in [-0.05, 0) is 31.4 Å². The van der Waals surface area contributed by atoms with Crippen molar-refractivity contribution in [1.82, 2.24) is 20.3 Å². The van der Waals surface area contributed by atoms with Crippen molar-refractivity contribution in [3.63, 3.8) is 0 Å². The van der Waals surface area contributed by atoms with E-state index in [-0.39, 0.29) is 0 Å². The Kier molecular flexibility index (Phi) is 3.01. The second-order valence-corrected chi connectivity index (χ2v) is 6.96. The van der Waals surface area contributed by atoms with Gasteiger partial charge >= 0.3 is 0 Å². The molecule has 1 saturated heterocycles. The molecule has 1 aliphatic heterocycles. The van der Waals surface area contributed by atoms with Crippen LogP contribution in [0, 0.1) is 5.92 Å². The predicted octanol–water partition coefficient (Wildman–Crippen LogP) is 3.20. The van der Waals surface area contributed by atoms with Crippen LogP contribution in [-0.2, 0) is 0 Å². The standard InChI is InChI=1S/C19H21N5/c1-12(23-14-2-3-14)13-6-9-24(11-13)17-5-8-20-16-10-22-19-15(18(16)17)4-7-21-19/h4-5,7-8,10,13-14,23H,1-3,6,9,11H2,(H,21,22). The average Bonchev–Trinajstić information content (AvgIpc) is 3.12. The highest BCUT2D eigenvalue weighted by Crippen LogP contribution is 2.35. The Hall–Kier alpha value is -2.56. The molecule has 0 radical (unpaired) electrons. The van der Waals surface area contributed by atoms with Crippen LogP contribution < -0.4 is 10.2 Å². The molecule has 2 aliphatic rings. The van der Waals surface area contributed by atoms with Crippen LogP contribution in [0.1, 0.15) is 19.3 Å². The van der Waals surface area contributed by atoms with Gasteiger partial charge in [0.05, 0.1) is 11.7 Å². The Labute approximate surface area is 140 Å². The lowest BCUT2D eigenvalue weighted by Crippen LogP contribution is -2.25. The van der Waals surface area contributed by atoms with Crippen molar-refractivity contribution in [3.05, 3.63) is 43.0 Å². The molecule has 0 bridgehead atoms. The fraction of sp³-hybridized carbons (Fsp3) is 0.368. The van der Waals surface area contributed by atoms with Gasteiger partial charge in [-0.25, -0.2) is 4.98 Å². The zero-order chi connectivity index (χ0) is 16.1. The molecule has 0 spiro atoms. The lowest BCUT2D eigenvalue weighted by Gasteiger charge is -2.21. The van der Waals surface area contributed by atoms with Gasteiger partial charge in [0.25, 0.3) is 0 Å². The number of anilines is 1. The van der Waals surface area contributed by atoms with E-state index in [1.165, 1.54) is 29.6 Å². The molecule has 24 heavy (non-hydrogen) atoms. The number of H-pyrrole nitrogens is 1. The molecule has 5 rings (SSSR count). The Balaban J connectivity index is 1.50. The van der Waals surface area contributed by atoms with Gasteiger partial charge in [-0.3, -0.25) is 4.98 Å². The first kappa shape index (κ1) is 13.8. The molecule has 0 amide bonds. The van der Waals surface area contributed by atoms with Gasteiger partial charge < -0.3 is 15.2 Å². The van der Waals surface area contributed by atoms with Gasteiger partial charge in [0, 0.05) is 59.6 Å². The maximum Gasteiger partial charge on any atom is 0.138 e. The fourth-order valence-corrected chi connectivity index (χ4v) is 3.77. The highest BCUT2D eigenvalue weighted by atomic mass is 15.2. The van der Waals surface area contributed by atoms with Crippen LogP contribution in [0.5, 0.6) is 0 Å². The Morgan fingerprint density at radius 3 is 3.04 bits per heavy atom. The topological polar surface area (TPSA) is 56.8 Å². The number of pyridine rings is 2. The molecule has 122 valence electrons. The number of nitrogens with zero attached hydrogens (tertiary/aromatic N) is 3. The average molecular weight is 319 g/mol. The van der Waals surface area contributed by atoms with E-state index in [2.05, 4.69) is 43.9 Å². The summed E-state index contributed by atoms with van der Waals surface area (Å²) in [7, 11) is 0. The second-order valence-electron chi connectivity index (χ2n) is 6.96. The molecule has 1 unspecified atom stereocenters. The van der Waals surface area contributed by atoms with Gasteiger partial charge in [0.2, 0.25) is 0 Å². The second kappa shape index (κ2) is 5.23. The van der Waals surface area contributed by atoms with Gasteiger partial charge in [-0.2, -0.15) is 0 Å². The third-order valence-electron chi connectivity index (χ3n) is 5.26. The first-order chi connectivity index (χ1) is 11.8. The van der Waals surface area contributed by atoms with Gasteiger partial charge in [0.15, 0.2) is 0 Å². The van der Waals surface area contributed by atoms with E-state index in [0.717, 1.165) is 36.1 Å². The van der Waals surface area contributed by atoms with Crippen LogP contribution >= 0.6 is 0 Å². The van der Waals surface area contributed by atoms with E-state index in [1.54, 1.807) is 0 Å². The number of hydrogen-bond acceptors (Lipinski definition) is 4. The summed E-state index contributed by atoms with van der Waals surface area (Å²) in [6, 6.07) is 4.91. The van der Waals surface area contributed by atoms with E-state index < -0.39 is 0 Å². The molecule has 1 saturated carbocycles. The molecule has 3 aromatic heterocycles. The third-order valence-corrected chi connectivity index (χ3v) is 5.26. The Morgan fingerprint density at radius 2 is 2.17 bits per heavy atom. The van der Waals surface area contributed by atoms with Crippen LogP contribution in [0.2, 0.25) is 0 Å². The number of nitrogens with one attached hydrogen (secondary N) is 2. The first-order valence-corrected chi connectivity index (χ1v) is 8.70. The first-order valence-electron chi connectivity index (χ1n) is 8.70. The number of aromatic amines is 1. The molecule has 5 nitrogen and oxygen atoms in total. The van der Waals surface area contributed by atoms with Gasteiger partial charge in [-0.1, -0.05) is 6.58 Å². The van der Waals surface area contributed by atoms with Crippen LogP contribution in [-0.4, -0.2) is 34.1 Å². The summed E-state index contributed by atoms with van der Waals surface area (Å²) in [6.45, 7) is 6.36. The predicted molar refractivity (Wildman–Crippen MR) is 97.0 cm³/mol. The quantitative estimate of drug-likeness (QED) is 0.775. The van der Waals surface area contributed by atoms with Crippen molar-refractivity contribution in [3.8, 4) is 0 Å². The van der Waals surface area contributed by atoms with E-state index in [1.807, 2.05) is 18.6 Å². The normalized spacial score (nSPS) is 20.8. The van der Waals surface area contributed by atoms with E-state index in [0.29, 0.717) is 12.0 Å². The van der Waals surface area contributed by atoms with Crippen LogP contribution in [0.4, 0.5) is 5.69 Å². The maximum absolute atomic E-state index is 4.51. The molecule has 2 N–H and O–H groups in total. The molecule has 2 fully saturated rings. The molecule has 1 atom stereocenters. The summed E-state index contributed by atoms with van der Waals surface area (Å²) in [4.78, 5) is 14.6. The summed E-state index contributed by atoms with van der Waals surface area (Å²) in [5.41, 5.74) is 4.35. The lowest BCUT2D eigenvalue weighted by molar-refractivity contribution is 0.609. The SMILES string of the molecule is C=C(NC1CC1)C1CCN(c2ccnc3cnc4[nH]ccc4c23)C1. The van der Waals surface area contributed by atoms with Crippen LogP contribution in [0.25, 0.3) is 21.9 Å². The highest BCUT2D eigenvalue weighted by molar-refractivity contribution is 6.10. The van der Waals surface area contributed by atoms with Crippen molar-refractivity contribution in [2.24, 2.45) is 5.92 Å². The van der Waals surface area contributed by atoms with Crippen molar-refractivity contribution in [1.29, 1.82) is 0 Å². The largest absolute Gasteiger partial charge is 0.386 e. The smallest absolute Gasteiger partial charge is 0.138 e. The molecule has 3 aromatic rings. The minimum Gasteiger partial charge on any atom is -0.386 e. The lowest BCUT2D eigenvalue weighted by atomic mass is 10.1. The zero-order valence-electron chi connectivity index (χ0n) is 13.6. The molecular weight excluding hydrogens is 298 g/mol. The minimum absolute atomic E-state index is 0.525. The van der Waals surface area contributed by atoms with Crippen molar-refractivity contribution >= 4 is 27.6 Å². The number of rotatable bonds is 4. The van der Waals surface area contributed by atoms with E-state index in [4.69, 9.17) is 0 Å². The Morgan fingerprint density at radius 1 is 1.25 bits per heavy atom. The van der Waals surface area contributed by atoms with Crippen LogP contribution in [0.15, 0.2) is 43.0 Å². The number of hydrogen-bond donors (Lipinski definition) is 2. The third kappa shape index (κ3) is 2.23. The summed E-state index contributed by atoms with van der Waals surface area (Å²) in [5, 5.41) is 5.93. The summed E-state index contributed by atoms with van der Waals surface area (Å²) in [5.74, 6) is 0.525. The van der Waals surface area contributed by atoms with E-state index >= 15 is 0 Å². The van der Waals surface area contributed by atoms with Crippen molar-refractivity contribution in [2.75, 3.05) is 18.0 Å². The van der Waals surface area contributed by atoms with Crippen LogP contribution in [0.3, 0.4) is 0 Å². The van der Waals surface area contributed by atoms with Crippen molar-refractivity contribution < 1.29 is 0 Å². The fourth-order valence-electron chi connectivity index (χ4n) is 3.77. The monoisotopic (exact) mass is 319 g/mol. The van der Waals surface area contributed by atoms with E-state index in [9.17, 15) is 0 Å². The van der Waals surface area contributed by atoms with Gasteiger partial charge in [-0.15, -0.1) is 0 Å². The summed E-state index contributed by atoms with van der Waals surface area (Å²) in [6.07, 6.45) is 9.44. The maximum atomic E-state index is 4.51. The molecule has 0 aromatic carbocycles.